The Hall–Kier alpha value is -3.02. The van der Waals surface area contributed by atoms with Crippen LogP contribution < -0.4 is 21.1 Å². The van der Waals surface area contributed by atoms with Crippen LogP contribution >= 0.6 is 0 Å². The van der Waals surface area contributed by atoms with E-state index in [2.05, 4.69) is 15.6 Å². The summed E-state index contributed by atoms with van der Waals surface area (Å²) in [6.07, 6.45) is 0.136. The maximum Gasteiger partial charge on any atom is 0.251 e. The number of aliphatic imine (C=N–C) groups is 1. The molecule has 6 nitrogen and oxygen atoms in total. The largest absolute Gasteiger partial charge is 0.491 e. The lowest BCUT2D eigenvalue weighted by Gasteiger charge is -2.11. The molecule has 2 aromatic rings. The third-order valence-corrected chi connectivity index (χ3v) is 3.21. The first-order valence-corrected chi connectivity index (χ1v) is 8.21. The summed E-state index contributed by atoms with van der Waals surface area (Å²) in [7, 11) is 0. The average molecular weight is 340 g/mol. The Morgan fingerprint density at radius 1 is 1.12 bits per heavy atom. The van der Waals surface area contributed by atoms with E-state index in [1.807, 2.05) is 56.3 Å². The maximum absolute atomic E-state index is 11.9. The molecule has 0 atom stereocenters. The van der Waals surface area contributed by atoms with E-state index in [0.717, 1.165) is 11.4 Å². The molecule has 2 aromatic carbocycles. The number of nitrogens with two attached hydrogens (primary N) is 1. The zero-order valence-corrected chi connectivity index (χ0v) is 14.5. The van der Waals surface area contributed by atoms with Crippen LogP contribution in [0.2, 0.25) is 0 Å². The predicted molar refractivity (Wildman–Crippen MR) is 101 cm³/mol. The fourth-order valence-electron chi connectivity index (χ4n) is 2.11. The van der Waals surface area contributed by atoms with Crippen LogP contribution in [0.3, 0.4) is 0 Å². The molecule has 132 valence electrons. The summed E-state index contributed by atoms with van der Waals surface area (Å²) >= 11 is 0. The van der Waals surface area contributed by atoms with Crippen LogP contribution in [-0.2, 0) is 0 Å². The Morgan fingerprint density at radius 3 is 2.44 bits per heavy atom. The van der Waals surface area contributed by atoms with E-state index < -0.39 is 0 Å². The number of nitrogens with one attached hydrogen (secondary N) is 2. The van der Waals surface area contributed by atoms with Gasteiger partial charge in [0.25, 0.3) is 5.91 Å². The standard InChI is InChI=1S/C19H24N4O2/c1-14(2)25-17-10-8-16(9-11-17)23-19(20)22-13-12-21-18(24)15-6-4-3-5-7-15/h3-11,14H,12-13H2,1-2H3,(H,21,24)(H3,20,22,23). The summed E-state index contributed by atoms with van der Waals surface area (Å²) in [6, 6.07) is 16.5. The highest BCUT2D eigenvalue weighted by atomic mass is 16.5. The van der Waals surface area contributed by atoms with Crippen molar-refractivity contribution in [1.29, 1.82) is 0 Å². The Kier molecular flexibility index (Phi) is 6.83. The second kappa shape index (κ2) is 9.32. The highest BCUT2D eigenvalue weighted by Crippen LogP contribution is 2.16. The van der Waals surface area contributed by atoms with E-state index in [1.165, 1.54) is 0 Å². The third kappa shape index (κ3) is 6.55. The summed E-state index contributed by atoms with van der Waals surface area (Å²) < 4.78 is 5.58. The predicted octanol–water partition coefficient (Wildman–Crippen LogP) is 2.63. The molecule has 0 aliphatic rings. The first-order valence-electron chi connectivity index (χ1n) is 8.21. The number of carbonyl (C=O) groups excluding carboxylic acids is 1. The summed E-state index contributed by atoms with van der Waals surface area (Å²) in [6.45, 7) is 4.77. The van der Waals surface area contributed by atoms with E-state index >= 15 is 0 Å². The van der Waals surface area contributed by atoms with E-state index in [9.17, 15) is 4.79 Å². The van der Waals surface area contributed by atoms with Crippen LogP contribution in [0.5, 0.6) is 5.75 Å². The highest BCUT2D eigenvalue weighted by Gasteiger charge is 2.03. The second-order valence-electron chi connectivity index (χ2n) is 5.70. The number of carbonyl (C=O) groups is 1. The first-order chi connectivity index (χ1) is 12.0. The third-order valence-electron chi connectivity index (χ3n) is 3.21. The van der Waals surface area contributed by atoms with Crippen molar-refractivity contribution in [1.82, 2.24) is 5.32 Å². The van der Waals surface area contributed by atoms with Gasteiger partial charge in [-0.3, -0.25) is 9.79 Å². The van der Waals surface area contributed by atoms with E-state index in [1.54, 1.807) is 12.1 Å². The van der Waals surface area contributed by atoms with Gasteiger partial charge >= 0.3 is 0 Å². The molecule has 0 heterocycles. The molecule has 4 N–H and O–H groups in total. The smallest absolute Gasteiger partial charge is 0.251 e. The second-order valence-corrected chi connectivity index (χ2v) is 5.70. The number of guanidine groups is 1. The number of ether oxygens (including phenoxy) is 1. The molecule has 0 aliphatic carbocycles. The fraction of sp³-hybridized carbons (Fsp3) is 0.263. The van der Waals surface area contributed by atoms with Crippen molar-refractivity contribution >= 4 is 17.6 Å². The quantitative estimate of drug-likeness (QED) is 0.411. The Bertz CT molecular complexity index is 697. The van der Waals surface area contributed by atoms with Gasteiger partial charge in [0, 0.05) is 17.8 Å². The van der Waals surface area contributed by atoms with Crippen LogP contribution in [0.15, 0.2) is 59.6 Å². The molecular formula is C19H24N4O2. The summed E-state index contributed by atoms with van der Waals surface area (Å²) in [4.78, 5) is 16.1. The maximum atomic E-state index is 11.9. The minimum Gasteiger partial charge on any atom is -0.491 e. The van der Waals surface area contributed by atoms with Crippen LogP contribution in [0.1, 0.15) is 24.2 Å². The summed E-state index contributed by atoms with van der Waals surface area (Å²) in [5.74, 6) is 0.981. The normalized spacial score (nSPS) is 11.2. The van der Waals surface area contributed by atoms with Crippen molar-refractivity contribution < 1.29 is 9.53 Å². The van der Waals surface area contributed by atoms with Gasteiger partial charge in [-0.25, -0.2) is 0 Å². The molecule has 0 fully saturated rings. The molecule has 0 saturated heterocycles. The molecule has 2 rings (SSSR count). The molecular weight excluding hydrogens is 316 g/mol. The molecule has 25 heavy (non-hydrogen) atoms. The number of nitrogens with zero attached hydrogens (tertiary/aromatic N) is 1. The van der Waals surface area contributed by atoms with Gasteiger partial charge in [-0.1, -0.05) is 18.2 Å². The van der Waals surface area contributed by atoms with E-state index in [0.29, 0.717) is 24.6 Å². The van der Waals surface area contributed by atoms with Crippen molar-refractivity contribution in [2.24, 2.45) is 10.7 Å². The van der Waals surface area contributed by atoms with Gasteiger partial charge < -0.3 is 21.1 Å². The van der Waals surface area contributed by atoms with Gasteiger partial charge in [-0.2, -0.15) is 0 Å². The van der Waals surface area contributed by atoms with Crippen molar-refractivity contribution in [2.45, 2.75) is 20.0 Å². The van der Waals surface area contributed by atoms with Gasteiger partial charge in [-0.05, 0) is 50.2 Å². The highest BCUT2D eigenvalue weighted by molar-refractivity contribution is 5.94. The van der Waals surface area contributed by atoms with E-state index in [4.69, 9.17) is 10.5 Å². The molecule has 0 aliphatic heterocycles. The Morgan fingerprint density at radius 2 is 1.80 bits per heavy atom. The fourth-order valence-corrected chi connectivity index (χ4v) is 2.11. The minimum atomic E-state index is -0.122. The van der Waals surface area contributed by atoms with E-state index in [-0.39, 0.29) is 12.0 Å². The molecule has 0 spiro atoms. The minimum absolute atomic E-state index is 0.122. The number of hydrogen-bond donors (Lipinski definition) is 3. The van der Waals surface area contributed by atoms with Gasteiger partial charge in [0.05, 0.1) is 12.6 Å². The average Bonchev–Trinajstić information content (AvgIpc) is 2.60. The number of hydrogen-bond acceptors (Lipinski definition) is 3. The van der Waals surface area contributed by atoms with Crippen LogP contribution in [0, 0.1) is 0 Å². The molecule has 0 unspecified atom stereocenters. The van der Waals surface area contributed by atoms with Gasteiger partial charge in [0.15, 0.2) is 5.96 Å². The van der Waals surface area contributed by atoms with Crippen LogP contribution in [0.25, 0.3) is 0 Å². The number of benzene rings is 2. The summed E-state index contributed by atoms with van der Waals surface area (Å²) in [5, 5.41) is 5.80. The number of amides is 1. The zero-order valence-electron chi connectivity index (χ0n) is 14.5. The topological polar surface area (TPSA) is 88.7 Å². The lowest BCUT2D eigenvalue weighted by Crippen LogP contribution is -2.28. The van der Waals surface area contributed by atoms with Crippen LogP contribution in [0.4, 0.5) is 5.69 Å². The number of anilines is 1. The SMILES string of the molecule is CC(C)Oc1ccc(NC(N)=NCCNC(=O)c2ccccc2)cc1. The van der Waals surface area contributed by atoms with Gasteiger partial charge in [0.2, 0.25) is 0 Å². The molecule has 0 aromatic heterocycles. The molecule has 6 heteroatoms. The molecule has 1 amide bonds. The summed E-state index contributed by atoms with van der Waals surface area (Å²) in [5.41, 5.74) is 7.30. The Balaban J connectivity index is 1.75. The molecule has 0 saturated carbocycles. The van der Waals surface area contributed by atoms with Crippen molar-refractivity contribution in [3.63, 3.8) is 0 Å². The molecule has 0 bridgehead atoms. The molecule has 0 radical (unpaired) electrons. The Labute approximate surface area is 148 Å². The monoisotopic (exact) mass is 340 g/mol. The lowest BCUT2D eigenvalue weighted by molar-refractivity contribution is 0.0955. The van der Waals surface area contributed by atoms with Gasteiger partial charge in [-0.15, -0.1) is 0 Å². The van der Waals surface area contributed by atoms with Gasteiger partial charge in [0.1, 0.15) is 5.75 Å². The van der Waals surface area contributed by atoms with Crippen LogP contribution in [-0.4, -0.2) is 31.1 Å². The zero-order chi connectivity index (χ0) is 18.1. The lowest BCUT2D eigenvalue weighted by atomic mass is 10.2. The van der Waals surface area contributed by atoms with Crippen molar-refractivity contribution in [3.8, 4) is 5.75 Å². The number of rotatable bonds is 7. The van der Waals surface area contributed by atoms with Crippen molar-refractivity contribution in [3.05, 3.63) is 60.2 Å². The van der Waals surface area contributed by atoms with Crippen molar-refractivity contribution in [2.75, 3.05) is 18.4 Å². The first kappa shape index (κ1) is 18.3.